The molecule has 0 spiro atoms. The number of nitrogens with one attached hydrogen (secondary N) is 2. The normalized spacial score (nSPS) is 9.83. The Bertz CT molecular complexity index is 930. The molecule has 6 nitrogen and oxygen atoms in total. The molecule has 0 atom stereocenters. The van der Waals surface area contributed by atoms with Gasteiger partial charge in [-0.3, -0.25) is 9.59 Å². The lowest BCUT2D eigenvalue weighted by molar-refractivity contribution is -0.116. The second kappa shape index (κ2) is 7.26. The van der Waals surface area contributed by atoms with Crippen molar-refractivity contribution >= 4 is 11.6 Å². The monoisotopic (exact) mass is 320 g/mol. The largest absolute Gasteiger partial charge is 0.326 e. The highest BCUT2D eigenvalue weighted by molar-refractivity contribution is 5.91. The summed E-state index contributed by atoms with van der Waals surface area (Å²) in [6, 6.07) is 10.6. The van der Waals surface area contributed by atoms with Gasteiger partial charge >= 0.3 is 0 Å². The van der Waals surface area contributed by atoms with E-state index in [1.54, 1.807) is 38.1 Å². The predicted octanol–water partition coefficient (Wildman–Crippen LogP) is 2.31. The van der Waals surface area contributed by atoms with Gasteiger partial charge in [-0.1, -0.05) is 6.07 Å². The lowest BCUT2D eigenvalue weighted by Crippen LogP contribution is -2.18. The molecule has 0 bridgehead atoms. The van der Waals surface area contributed by atoms with Crippen molar-refractivity contribution in [1.29, 1.82) is 10.5 Å². The highest BCUT2D eigenvalue weighted by atomic mass is 16.1. The van der Waals surface area contributed by atoms with Crippen molar-refractivity contribution in [3.05, 3.63) is 62.6 Å². The Balaban J connectivity index is 2.11. The molecule has 120 valence electrons. The summed E-state index contributed by atoms with van der Waals surface area (Å²) >= 11 is 0. The predicted molar refractivity (Wildman–Crippen MR) is 89.4 cm³/mol. The molecule has 24 heavy (non-hydrogen) atoms. The Kier molecular flexibility index (Phi) is 5.13. The van der Waals surface area contributed by atoms with E-state index in [4.69, 9.17) is 10.5 Å². The molecule has 2 aromatic rings. The van der Waals surface area contributed by atoms with Crippen LogP contribution in [-0.4, -0.2) is 10.9 Å². The number of aromatic amines is 1. The highest BCUT2D eigenvalue weighted by Gasteiger charge is 2.13. The van der Waals surface area contributed by atoms with Gasteiger partial charge < -0.3 is 10.3 Å². The van der Waals surface area contributed by atoms with E-state index < -0.39 is 5.56 Å². The summed E-state index contributed by atoms with van der Waals surface area (Å²) < 4.78 is 0. The number of hydrogen-bond donors (Lipinski definition) is 2. The topological polar surface area (TPSA) is 110 Å². The van der Waals surface area contributed by atoms with Gasteiger partial charge in [-0.25, -0.2) is 0 Å². The quantitative estimate of drug-likeness (QED) is 0.900. The molecule has 0 saturated carbocycles. The smallest absolute Gasteiger partial charge is 0.266 e. The number of carbonyl (C=O) groups is 1. The van der Waals surface area contributed by atoms with Crippen LogP contribution in [0.4, 0.5) is 5.69 Å². The van der Waals surface area contributed by atoms with Crippen molar-refractivity contribution in [2.75, 3.05) is 5.32 Å². The fraction of sp³-hybridized carbons (Fsp3) is 0.222. The van der Waals surface area contributed by atoms with Gasteiger partial charge in [0.2, 0.25) is 5.91 Å². The van der Waals surface area contributed by atoms with Crippen LogP contribution < -0.4 is 10.9 Å². The molecule has 2 rings (SSSR count). The lowest BCUT2D eigenvalue weighted by Gasteiger charge is -2.11. The number of nitrogens with zero attached hydrogens (tertiary/aromatic N) is 2. The van der Waals surface area contributed by atoms with Gasteiger partial charge in [-0.05, 0) is 49.6 Å². The maximum atomic E-state index is 12.1. The molecule has 1 heterocycles. The van der Waals surface area contributed by atoms with Crippen LogP contribution in [0.2, 0.25) is 0 Å². The first kappa shape index (κ1) is 17.0. The van der Waals surface area contributed by atoms with Crippen molar-refractivity contribution in [1.82, 2.24) is 4.98 Å². The summed E-state index contributed by atoms with van der Waals surface area (Å²) in [4.78, 5) is 26.4. The average molecular weight is 320 g/mol. The van der Waals surface area contributed by atoms with Crippen molar-refractivity contribution in [2.45, 2.75) is 26.7 Å². The summed E-state index contributed by atoms with van der Waals surface area (Å²) in [5.74, 6) is -0.200. The van der Waals surface area contributed by atoms with Crippen molar-refractivity contribution < 1.29 is 4.79 Å². The van der Waals surface area contributed by atoms with Crippen LogP contribution >= 0.6 is 0 Å². The summed E-state index contributed by atoms with van der Waals surface area (Å²) in [5.41, 5.74) is 2.78. The second-order valence-electron chi connectivity index (χ2n) is 5.41. The van der Waals surface area contributed by atoms with Crippen LogP contribution in [0.1, 0.15) is 34.4 Å². The van der Waals surface area contributed by atoms with Crippen molar-refractivity contribution in [2.24, 2.45) is 0 Å². The Labute approximate surface area is 139 Å². The van der Waals surface area contributed by atoms with Crippen molar-refractivity contribution in [3.63, 3.8) is 0 Å². The Hall–Kier alpha value is -3.38. The van der Waals surface area contributed by atoms with E-state index in [-0.39, 0.29) is 17.9 Å². The minimum Gasteiger partial charge on any atom is -0.326 e. The first-order valence-corrected chi connectivity index (χ1v) is 7.38. The van der Waals surface area contributed by atoms with Gasteiger partial charge in [0.05, 0.1) is 11.6 Å². The average Bonchev–Trinajstić information content (AvgIpc) is 2.54. The number of anilines is 1. The summed E-state index contributed by atoms with van der Waals surface area (Å²) in [6.45, 7) is 3.46. The number of aromatic nitrogens is 1. The van der Waals surface area contributed by atoms with Crippen LogP contribution in [0.3, 0.4) is 0 Å². The van der Waals surface area contributed by atoms with Gasteiger partial charge in [-0.2, -0.15) is 10.5 Å². The Morgan fingerprint density at radius 3 is 2.67 bits per heavy atom. The molecule has 0 fully saturated rings. The maximum Gasteiger partial charge on any atom is 0.266 e. The zero-order valence-electron chi connectivity index (χ0n) is 13.4. The maximum absolute atomic E-state index is 12.1. The number of H-pyrrole nitrogens is 1. The van der Waals surface area contributed by atoms with Crippen LogP contribution in [0.25, 0.3) is 0 Å². The second-order valence-corrected chi connectivity index (χ2v) is 5.41. The third kappa shape index (κ3) is 3.68. The zero-order chi connectivity index (χ0) is 17.7. The third-order valence-corrected chi connectivity index (χ3v) is 3.80. The first-order valence-electron chi connectivity index (χ1n) is 7.38. The number of rotatable bonds is 4. The first-order chi connectivity index (χ1) is 11.5. The highest BCUT2D eigenvalue weighted by Crippen LogP contribution is 2.16. The molecule has 1 aromatic heterocycles. The molecular formula is C18H16N4O2. The summed E-state index contributed by atoms with van der Waals surface area (Å²) in [7, 11) is 0. The van der Waals surface area contributed by atoms with E-state index in [2.05, 4.69) is 10.3 Å². The summed E-state index contributed by atoms with van der Waals surface area (Å²) in [6.07, 6.45) is 0.613. The Morgan fingerprint density at radius 2 is 2.00 bits per heavy atom. The number of benzene rings is 1. The SMILES string of the molecule is Cc1[nH]c(=O)c(C#N)c(C)c1CCC(=O)Nc1cccc(C#N)c1. The van der Waals surface area contributed by atoms with Gasteiger partial charge in [0, 0.05) is 17.8 Å². The van der Waals surface area contributed by atoms with Gasteiger partial charge in [0.25, 0.3) is 5.56 Å². The molecular weight excluding hydrogens is 304 g/mol. The van der Waals surface area contributed by atoms with E-state index >= 15 is 0 Å². The molecule has 0 aliphatic heterocycles. The van der Waals surface area contributed by atoms with E-state index in [9.17, 15) is 9.59 Å². The van der Waals surface area contributed by atoms with Crippen LogP contribution in [0, 0.1) is 36.5 Å². The number of nitriles is 2. The van der Waals surface area contributed by atoms with Crippen LogP contribution in [0.5, 0.6) is 0 Å². The Morgan fingerprint density at radius 1 is 1.25 bits per heavy atom. The van der Waals surface area contributed by atoms with E-state index in [1.165, 1.54) is 0 Å². The molecule has 0 saturated heterocycles. The molecule has 1 amide bonds. The molecule has 0 aliphatic rings. The lowest BCUT2D eigenvalue weighted by atomic mass is 9.99. The standard InChI is InChI=1S/C18H16N4O2/c1-11-15(12(2)21-18(24)16(11)10-20)6-7-17(23)22-14-5-3-4-13(8-14)9-19/h3-5,8H,6-7H2,1-2H3,(H,21,24)(H,22,23). The number of aryl methyl sites for hydroxylation is 1. The molecule has 0 radical (unpaired) electrons. The number of hydrogen-bond acceptors (Lipinski definition) is 4. The third-order valence-electron chi connectivity index (χ3n) is 3.80. The number of amides is 1. The summed E-state index contributed by atoms with van der Waals surface area (Å²) in [5, 5.41) is 20.7. The molecule has 1 aromatic carbocycles. The van der Waals surface area contributed by atoms with Gasteiger partial charge in [0.1, 0.15) is 11.6 Å². The molecule has 0 unspecified atom stereocenters. The van der Waals surface area contributed by atoms with Gasteiger partial charge in [0.15, 0.2) is 0 Å². The van der Waals surface area contributed by atoms with Gasteiger partial charge in [-0.15, -0.1) is 0 Å². The number of carbonyl (C=O) groups excluding carboxylic acids is 1. The number of pyridine rings is 1. The van der Waals surface area contributed by atoms with E-state index in [0.29, 0.717) is 28.9 Å². The molecule has 6 heteroatoms. The van der Waals surface area contributed by atoms with Crippen molar-refractivity contribution in [3.8, 4) is 12.1 Å². The zero-order valence-corrected chi connectivity index (χ0v) is 13.4. The van der Waals surface area contributed by atoms with E-state index in [1.807, 2.05) is 12.1 Å². The minimum absolute atomic E-state index is 0.0812. The van der Waals surface area contributed by atoms with Crippen LogP contribution in [0.15, 0.2) is 29.1 Å². The van der Waals surface area contributed by atoms with Crippen LogP contribution in [-0.2, 0) is 11.2 Å². The fourth-order valence-corrected chi connectivity index (χ4v) is 2.55. The molecule has 2 N–H and O–H groups in total. The van der Waals surface area contributed by atoms with E-state index in [0.717, 1.165) is 5.56 Å². The minimum atomic E-state index is -0.408. The fourth-order valence-electron chi connectivity index (χ4n) is 2.55. The molecule has 0 aliphatic carbocycles.